The molecule has 8 heteroatoms. The molecular formula is C10H9N3O4S. The van der Waals surface area contributed by atoms with Gasteiger partial charge in [0.1, 0.15) is 0 Å². The van der Waals surface area contributed by atoms with Crippen molar-refractivity contribution in [2.24, 2.45) is 5.14 Å². The van der Waals surface area contributed by atoms with Crippen molar-refractivity contribution in [1.82, 2.24) is 9.78 Å². The maximum absolute atomic E-state index is 11.1. The molecule has 3 N–H and O–H groups in total. The molecular weight excluding hydrogens is 258 g/mol. The van der Waals surface area contributed by atoms with E-state index in [0.29, 0.717) is 5.69 Å². The lowest BCUT2D eigenvalue weighted by Crippen LogP contribution is -2.12. The molecule has 0 atom stereocenters. The normalized spacial score (nSPS) is 11.4. The summed E-state index contributed by atoms with van der Waals surface area (Å²) in [6.07, 6.45) is 1.47. The van der Waals surface area contributed by atoms with E-state index >= 15 is 0 Å². The highest BCUT2D eigenvalue weighted by atomic mass is 32.2. The molecule has 0 fully saturated rings. The van der Waals surface area contributed by atoms with Crippen LogP contribution >= 0.6 is 0 Å². The molecule has 0 radical (unpaired) electrons. The van der Waals surface area contributed by atoms with Crippen LogP contribution in [0, 0.1) is 0 Å². The Kier molecular flexibility index (Phi) is 2.89. The van der Waals surface area contributed by atoms with Crippen LogP contribution in [0.4, 0.5) is 0 Å². The fourth-order valence-corrected chi connectivity index (χ4v) is 1.89. The van der Waals surface area contributed by atoms with Gasteiger partial charge in [-0.05, 0) is 30.3 Å². The molecule has 0 amide bonds. The second-order valence-electron chi connectivity index (χ2n) is 3.49. The van der Waals surface area contributed by atoms with Gasteiger partial charge in [0.15, 0.2) is 5.69 Å². The van der Waals surface area contributed by atoms with Gasteiger partial charge < -0.3 is 5.11 Å². The van der Waals surface area contributed by atoms with Gasteiger partial charge in [0, 0.05) is 6.20 Å². The molecule has 2 rings (SSSR count). The number of carboxylic acid groups (broad SMARTS) is 1. The number of carbonyl (C=O) groups is 1. The zero-order chi connectivity index (χ0) is 13.3. The van der Waals surface area contributed by atoms with Gasteiger partial charge in [-0.1, -0.05) is 0 Å². The fourth-order valence-electron chi connectivity index (χ4n) is 1.37. The Morgan fingerprint density at radius 2 is 1.83 bits per heavy atom. The molecule has 0 saturated heterocycles. The highest BCUT2D eigenvalue weighted by Gasteiger charge is 2.10. The predicted molar refractivity (Wildman–Crippen MR) is 61.9 cm³/mol. The SMILES string of the molecule is NS(=O)(=O)c1ccc(-n2ccc(C(=O)O)n2)cc1. The fraction of sp³-hybridized carbons (Fsp3) is 0. The van der Waals surface area contributed by atoms with Crippen molar-refractivity contribution >= 4 is 16.0 Å². The largest absolute Gasteiger partial charge is 0.476 e. The van der Waals surface area contributed by atoms with Crippen molar-refractivity contribution in [1.29, 1.82) is 0 Å². The van der Waals surface area contributed by atoms with E-state index in [0.717, 1.165) is 0 Å². The predicted octanol–water partition coefficient (Wildman–Crippen LogP) is 0.218. The Bertz CT molecular complexity index is 688. The number of aromatic nitrogens is 2. The first kappa shape index (κ1) is 12.3. The van der Waals surface area contributed by atoms with Gasteiger partial charge in [0.25, 0.3) is 0 Å². The Labute approximate surface area is 103 Å². The summed E-state index contributed by atoms with van der Waals surface area (Å²) >= 11 is 0. The molecule has 7 nitrogen and oxygen atoms in total. The number of nitrogens with two attached hydrogens (primary N) is 1. The zero-order valence-corrected chi connectivity index (χ0v) is 9.83. The van der Waals surface area contributed by atoms with E-state index < -0.39 is 16.0 Å². The minimum absolute atomic E-state index is 0.0168. The molecule has 0 unspecified atom stereocenters. The van der Waals surface area contributed by atoms with Crippen molar-refractivity contribution < 1.29 is 18.3 Å². The molecule has 0 spiro atoms. The summed E-state index contributed by atoms with van der Waals surface area (Å²) < 4.78 is 23.4. The highest BCUT2D eigenvalue weighted by molar-refractivity contribution is 7.89. The van der Waals surface area contributed by atoms with Gasteiger partial charge in [0.05, 0.1) is 10.6 Å². The van der Waals surface area contributed by atoms with E-state index in [2.05, 4.69) is 5.10 Å². The topological polar surface area (TPSA) is 115 Å². The van der Waals surface area contributed by atoms with Crippen molar-refractivity contribution in [3.05, 3.63) is 42.2 Å². The van der Waals surface area contributed by atoms with Crippen LogP contribution in [-0.2, 0) is 10.0 Å². The van der Waals surface area contributed by atoms with Gasteiger partial charge in [-0.2, -0.15) is 5.10 Å². The maximum Gasteiger partial charge on any atom is 0.356 e. The smallest absolute Gasteiger partial charge is 0.356 e. The van der Waals surface area contributed by atoms with Crippen molar-refractivity contribution in [3.8, 4) is 5.69 Å². The van der Waals surface area contributed by atoms with E-state index in [1.165, 1.54) is 41.2 Å². The average Bonchev–Trinajstić information content (AvgIpc) is 2.77. The number of primary sulfonamides is 1. The summed E-state index contributed by atoms with van der Waals surface area (Å²) in [7, 11) is -3.73. The van der Waals surface area contributed by atoms with E-state index in [1.807, 2.05) is 0 Å². The number of sulfonamides is 1. The summed E-state index contributed by atoms with van der Waals surface area (Å²) in [6.45, 7) is 0. The molecule has 1 heterocycles. The molecule has 2 aromatic rings. The molecule has 0 saturated carbocycles. The van der Waals surface area contributed by atoms with Gasteiger partial charge in [-0.15, -0.1) is 0 Å². The zero-order valence-electron chi connectivity index (χ0n) is 9.02. The summed E-state index contributed by atoms with van der Waals surface area (Å²) in [4.78, 5) is 10.6. The Morgan fingerprint density at radius 1 is 1.22 bits per heavy atom. The first-order valence-corrected chi connectivity index (χ1v) is 6.35. The summed E-state index contributed by atoms with van der Waals surface area (Å²) in [5, 5.41) is 17.5. The van der Waals surface area contributed by atoms with E-state index in [-0.39, 0.29) is 10.6 Å². The van der Waals surface area contributed by atoms with E-state index in [1.54, 1.807) is 0 Å². The molecule has 1 aromatic carbocycles. The van der Waals surface area contributed by atoms with Crippen LogP contribution in [0.3, 0.4) is 0 Å². The van der Waals surface area contributed by atoms with Gasteiger partial charge in [-0.25, -0.2) is 23.0 Å². The molecule has 0 aliphatic carbocycles. The van der Waals surface area contributed by atoms with Crippen molar-refractivity contribution in [2.45, 2.75) is 4.90 Å². The lowest BCUT2D eigenvalue weighted by molar-refractivity contribution is 0.0690. The van der Waals surface area contributed by atoms with Gasteiger partial charge >= 0.3 is 5.97 Å². The van der Waals surface area contributed by atoms with Crippen LogP contribution in [0.5, 0.6) is 0 Å². The van der Waals surface area contributed by atoms with E-state index in [4.69, 9.17) is 10.2 Å². The van der Waals surface area contributed by atoms with Crippen molar-refractivity contribution in [2.75, 3.05) is 0 Å². The third kappa shape index (κ3) is 2.39. The molecule has 0 aliphatic rings. The second-order valence-corrected chi connectivity index (χ2v) is 5.05. The number of nitrogens with zero attached hydrogens (tertiary/aromatic N) is 2. The summed E-state index contributed by atoms with van der Waals surface area (Å²) in [5.74, 6) is -1.13. The lowest BCUT2D eigenvalue weighted by Gasteiger charge is -2.02. The van der Waals surface area contributed by atoms with Crippen molar-refractivity contribution in [3.63, 3.8) is 0 Å². The first-order valence-electron chi connectivity index (χ1n) is 4.80. The molecule has 18 heavy (non-hydrogen) atoms. The summed E-state index contributed by atoms with van der Waals surface area (Å²) in [5.41, 5.74) is 0.445. The van der Waals surface area contributed by atoms with Crippen LogP contribution in [0.25, 0.3) is 5.69 Å². The Hall–Kier alpha value is -2.19. The Balaban J connectivity index is 2.37. The van der Waals surface area contributed by atoms with Crippen LogP contribution < -0.4 is 5.14 Å². The molecule has 0 bridgehead atoms. The third-order valence-corrected chi connectivity index (χ3v) is 3.17. The van der Waals surface area contributed by atoms with Gasteiger partial charge in [0.2, 0.25) is 10.0 Å². The highest BCUT2D eigenvalue weighted by Crippen LogP contribution is 2.12. The number of benzene rings is 1. The van der Waals surface area contributed by atoms with Crippen LogP contribution in [0.2, 0.25) is 0 Å². The minimum atomic E-state index is -3.73. The number of rotatable bonds is 3. The quantitative estimate of drug-likeness (QED) is 0.825. The van der Waals surface area contributed by atoms with E-state index in [9.17, 15) is 13.2 Å². The molecule has 0 aliphatic heterocycles. The Morgan fingerprint density at radius 3 is 2.28 bits per heavy atom. The molecule has 1 aromatic heterocycles. The summed E-state index contributed by atoms with van der Waals surface area (Å²) in [6, 6.07) is 6.96. The maximum atomic E-state index is 11.1. The number of carboxylic acids is 1. The monoisotopic (exact) mass is 267 g/mol. The number of hydrogen-bond donors (Lipinski definition) is 2. The first-order chi connectivity index (χ1) is 8.38. The standard InChI is InChI=1S/C10H9N3O4S/c11-18(16,17)8-3-1-7(2-4-8)13-6-5-9(12-13)10(14)15/h1-6H,(H,14,15)(H2,11,16,17). The minimum Gasteiger partial charge on any atom is -0.476 e. The van der Waals surface area contributed by atoms with Gasteiger partial charge in [-0.3, -0.25) is 0 Å². The van der Waals surface area contributed by atoms with Crippen LogP contribution in [0.1, 0.15) is 10.5 Å². The number of aromatic carboxylic acids is 1. The number of hydrogen-bond acceptors (Lipinski definition) is 4. The molecule has 94 valence electrons. The third-order valence-electron chi connectivity index (χ3n) is 2.24. The second kappa shape index (κ2) is 4.24. The average molecular weight is 267 g/mol. The van der Waals surface area contributed by atoms with Crippen LogP contribution in [0.15, 0.2) is 41.4 Å². The lowest BCUT2D eigenvalue weighted by atomic mass is 10.3. The van der Waals surface area contributed by atoms with Crippen LogP contribution in [-0.4, -0.2) is 29.3 Å².